The Labute approximate surface area is 343 Å². The van der Waals surface area contributed by atoms with Crippen molar-refractivity contribution in [2.24, 2.45) is 0 Å². The zero-order valence-electron chi connectivity index (χ0n) is 32.8. The number of benzene rings is 7. The zero-order valence-corrected chi connectivity index (χ0v) is 33.7. The van der Waals surface area contributed by atoms with E-state index in [0.717, 1.165) is 32.9 Å². The van der Waals surface area contributed by atoms with Gasteiger partial charge >= 0.3 is 0 Å². The highest BCUT2D eigenvalue weighted by molar-refractivity contribution is 7.25. The molecule has 3 aliphatic rings. The highest BCUT2D eigenvalue weighted by atomic mass is 32.1. The first-order valence-corrected chi connectivity index (χ1v) is 21.7. The number of thiophene rings is 1. The van der Waals surface area contributed by atoms with Gasteiger partial charge < -0.3 is 0 Å². The lowest BCUT2D eigenvalue weighted by atomic mass is 9.67. The Morgan fingerprint density at radius 2 is 1.05 bits per heavy atom. The second-order valence-corrected chi connectivity index (χ2v) is 18.2. The second kappa shape index (κ2) is 12.7. The molecule has 2 nitrogen and oxygen atoms in total. The summed E-state index contributed by atoms with van der Waals surface area (Å²) >= 11 is 1.74. The SMILES string of the molecule is CC1(C)c2ccc(-c3ccc(-c4ccc(-c5nc(-c6ccccc6)c6c(n5)sc5ccccc56)cc4)cc3)cc2-c2cc3c(cc21)-c1ccccc1C31CCCCC1. The molecule has 9 aromatic rings. The summed E-state index contributed by atoms with van der Waals surface area (Å²) in [5, 5.41) is 2.34. The van der Waals surface area contributed by atoms with Crippen molar-refractivity contribution in [3.05, 3.63) is 180 Å². The average molecular weight is 763 g/mol. The quantitative estimate of drug-likeness (QED) is 0.178. The molecule has 0 atom stereocenters. The predicted molar refractivity (Wildman–Crippen MR) is 244 cm³/mol. The molecule has 0 saturated heterocycles. The zero-order chi connectivity index (χ0) is 38.6. The fourth-order valence-corrected chi connectivity index (χ4v) is 11.9. The van der Waals surface area contributed by atoms with E-state index in [0.29, 0.717) is 0 Å². The van der Waals surface area contributed by atoms with E-state index in [9.17, 15) is 0 Å². The van der Waals surface area contributed by atoms with Crippen LogP contribution in [0.15, 0.2) is 158 Å². The Balaban J connectivity index is 0.873. The lowest BCUT2D eigenvalue weighted by Gasteiger charge is -2.36. The maximum atomic E-state index is 5.20. The summed E-state index contributed by atoms with van der Waals surface area (Å²) in [5.41, 5.74) is 19.9. The molecule has 58 heavy (non-hydrogen) atoms. The summed E-state index contributed by atoms with van der Waals surface area (Å²) in [7, 11) is 0. The summed E-state index contributed by atoms with van der Waals surface area (Å²) in [6.07, 6.45) is 6.48. The Morgan fingerprint density at radius 3 is 1.83 bits per heavy atom. The molecule has 0 N–H and O–H groups in total. The Kier molecular flexibility index (Phi) is 7.41. The summed E-state index contributed by atoms with van der Waals surface area (Å²) in [4.78, 5) is 11.3. The van der Waals surface area contributed by atoms with Crippen LogP contribution < -0.4 is 0 Å². The lowest BCUT2D eigenvalue weighted by Crippen LogP contribution is -2.28. The van der Waals surface area contributed by atoms with Crippen molar-refractivity contribution in [2.75, 3.05) is 0 Å². The van der Waals surface area contributed by atoms with Crippen molar-refractivity contribution >= 4 is 31.6 Å². The van der Waals surface area contributed by atoms with Crippen LogP contribution in [0.3, 0.4) is 0 Å². The molecule has 0 unspecified atom stereocenters. The highest BCUT2D eigenvalue weighted by Crippen LogP contribution is 2.60. The van der Waals surface area contributed by atoms with Gasteiger partial charge in [-0.1, -0.05) is 167 Å². The molecule has 1 fully saturated rings. The van der Waals surface area contributed by atoms with Crippen LogP contribution in [0.1, 0.15) is 68.2 Å². The molecule has 278 valence electrons. The average Bonchev–Trinajstić information content (AvgIpc) is 3.86. The second-order valence-electron chi connectivity index (χ2n) is 17.2. The fourth-order valence-electron chi connectivity index (χ4n) is 10.8. The van der Waals surface area contributed by atoms with Gasteiger partial charge in [-0.15, -0.1) is 11.3 Å². The van der Waals surface area contributed by atoms with Gasteiger partial charge in [0, 0.05) is 37.4 Å². The molecule has 12 rings (SSSR count). The van der Waals surface area contributed by atoms with Crippen LogP contribution in [0.25, 0.3) is 87.5 Å². The number of hydrogen-bond acceptors (Lipinski definition) is 3. The molecule has 2 heterocycles. The normalized spacial score (nSPS) is 15.7. The van der Waals surface area contributed by atoms with Gasteiger partial charge in [0.2, 0.25) is 0 Å². The summed E-state index contributed by atoms with van der Waals surface area (Å²) in [5.74, 6) is 0.754. The maximum Gasteiger partial charge on any atom is 0.161 e. The molecule has 3 heteroatoms. The molecule has 2 aromatic heterocycles. The largest absolute Gasteiger partial charge is 0.227 e. The van der Waals surface area contributed by atoms with Crippen molar-refractivity contribution < 1.29 is 0 Å². The standard InChI is InChI=1S/C55H42N2S/c1-54(2)45-28-27-39(31-42(45)44-33-48-43(32-47(44)54)40-15-7-9-17-46(40)55(48)29-11-4-12-30-55)36-21-19-34(20-22-36)35-23-25-38(26-24-35)52-56-51(37-13-5-3-6-14-37)50-41-16-8-10-18-49(41)58-53(50)57-52/h3,5-10,13-28,31-33H,4,11-12,29-30H2,1-2H3. The molecule has 0 aliphatic heterocycles. The van der Waals surface area contributed by atoms with Gasteiger partial charge in [0.05, 0.1) is 5.69 Å². The van der Waals surface area contributed by atoms with Gasteiger partial charge in [-0.3, -0.25) is 0 Å². The maximum absolute atomic E-state index is 5.20. The third kappa shape index (κ3) is 4.96. The van der Waals surface area contributed by atoms with E-state index in [-0.39, 0.29) is 10.8 Å². The first kappa shape index (κ1) is 33.9. The Bertz CT molecular complexity index is 3090. The van der Waals surface area contributed by atoms with E-state index in [1.54, 1.807) is 22.5 Å². The molecule has 7 aromatic carbocycles. The minimum atomic E-state index is -0.0523. The van der Waals surface area contributed by atoms with Crippen LogP contribution in [0.2, 0.25) is 0 Å². The van der Waals surface area contributed by atoms with Gasteiger partial charge in [-0.05, 0) is 104 Å². The first-order chi connectivity index (χ1) is 28.5. The van der Waals surface area contributed by atoms with Crippen LogP contribution >= 0.6 is 11.3 Å². The van der Waals surface area contributed by atoms with Gasteiger partial charge in [0.15, 0.2) is 5.82 Å². The van der Waals surface area contributed by atoms with Crippen LogP contribution in [0.5, 0.6) is 0 Å². The molecular formula is C55H42N2S. The van der Waals surface area contributed by atoms with E-state index in [2.05, 4.69) is 172 Å². The molecule has 1 spiro atoms. The number of aromatic nitrogens is 2. The smallest absolute Gasteiger partial charge is 0.161 e. The van der Waals surface area contributed by atoms with E-state index in [1.807, 2.05) is 0 Å². The van der Waals surface area contributed by atoms with Crippen molar-refractivity contribution in [2.45, 2.75) is 56.8 Å². The molecule has 3 aliphatic carbocycles. The van der Waals surface area contributed by atoms with Crippen LogP contribution in [-0.4, -0.2) is 9.97 Å². The number of nitrogens with zero attached hydrogens (tertiary/aromatic N) is 2. The third-order valence-electron chi connectivity index (χ3n) is 13.8. The van der Waals surface area contributed by atoms with Crippen LogP contribution in [-0.2, 0) is 10.8 Å². The van der Waals surface area contributed by atoms with E-state index < -0.39 is 0 Å². The van der Waals surface area contributed by atoms with E-state index in [4.69, 9.17) is 9.97 Å². The van der Waals surface area contributed by atoms with Crippen molar-refractivity contribution in [3.63, 3.8) is 0 Å². The summed E-state index contributed by atoms with van der Waals surface area (Å²) in [6.45, 7) is 4.83. The van der Waals surface area contributed by atoms with E-state index in [1.165, 1.54) is 97.8 Å². The minimum absolute atomic E-state index is 0.0523. The number of rotatable bonds is 4. The van der Waals surface area contributed by atoms with Crippen molar-refractivity contribution in [1.29, 1.82) is 0 Å². The molecular weight excluding hydrogens is 721 g/mol. The van der Waals surface area contributed by atoms with Gasteiger partial charge in [-0.2, -0.15) is 0 Å². The Hall–Kier alpha value is -6.16. The third-order valence-corrected chi connectivity index (χ3v) is 14.8. The van der Waals surface area contributed by atoms with Gasteiger partial charge in [0.1, 0.15) is 4.83 Å². The fraction of sp³-hybridized carbons (Fsp3) is 0.164. The molecule has 0 amide bonds. The first-order valence-electron chi connectivity index (χ1n) is 20.9. The molecule has 0 bridgehead atoms. The predicted octanol–water partition coefficient (Wildman–Crippen LogP) is 15.0. The summed E-state index contributed by atoms with van der Waals surface area (Å²) < 4.78 is 1.23. The van der Waals surface area contributed by atoms with E-state index >= 15 is 0 Å². The monoisotopic (exact) mass is 762 g/mol. The molecule has 0 radical (unpaired) electrons. The van der Waals surface area contributed by atoms with Gasteiger partial charge in [0.25, 0.3) is 0 Å². The lowest BCUT2D eigenvalue weighted by molar-refractivity contribution is 0.353. The number of hydrogen-bond donors (Lipinski definition) is 0. The van der Waals surface area contributed by atoms with Crippen LogP contribution in [0.4, 0.5) is 0 Å². The summed E-state index contributed by atoms with van der Waals surface area (Å²) in [6, 6.07) is 58.6. The Morgan fingerprint density at radius 1 is 0.448 bits per heavy atom. The molecule has 1 saturated carbocycles. The minimum Gasteiger partial charge on any atom is -0.227 e. The van der Waals surface area contributed by atoms with Crippen LogP contribution in [0, 0.1) is 0 Å². The van der Waals surface area contributed by atoms with Gasteiger partial charge in [-0.25, -0.2) is 9.97 Å². The highest BCUT2D eigenvalue weighted by Gasteiger charge is 2.46. The number of fused-ring (bicyclic) bond motifs is 11. The van der Waals surface area contributed by atoms with Crippen molar-refractivity contribution in [3.8, 4) is 67.2 Å². The van der Waals surface area contributed by atoms with Crippen molar-refractivity contribution in [1.82, 2.24) is 9.97 Å². The topological polar surface area (TPSA) is 25.8 Å².